The van der Waals surface area contributed by atoms with Gasteiger partial charge in [0.2, 0.25) is 0 Å². The summed E-state index contributed by atoms with van der Waals surface area (Å²) in [6.07, 6.45) is 1.41. The number of anilines is 1. The third kappa shape index (κ3) is 1.93. The summed E-state index contributed by atoms with van der Waals surface area (Å²) in [4.78, 5) is 17.8. The molecule has 5 N–H and O–H groups in total. The maximum Gasteiger partial charge on any atom is 0.253 e. The number of nitrogens with zero attached hydrogens (tertiary/aromatic N) is 1. The van der Waals surface area contributed by atoms with Gasteiger partial charge in [0.15, 0.2) is 0 Å². The number of hydrogen-bond acceptors (Lipinski definition) is 4. The van der Waals surface area contributed by atoms with Crippen LogP contribution in [0.5, 0.6) is 0 Å². The Kier molecular flexibility index (Phi) is 2.90. The van der Waals surface area contributed by atoms with Gasteiger partial charge in [0.1, 0.15) is 11.6 Å². The largest absolute Gasteiger partial charge is 0.383 e. The first-order valence-electron chi connectivity index (χ1n) is 4.68. The number of nitrogen functional groups attached to an aromatic ring is 1. The lowest BCUT2D eigenvalue weighted by Crippen LogP contribution is -2.38. The van der Waals surface area contributed by atoms with E-state index in [9.17, 15) is 4.79 Å². The van der Waals surface area contributed by atoms with E-state index in [-0.39, 0.29) is 11.4 Å². The normalized spacial score (nSPS) is 11.6. The quantitative estimate of drug-likeness (QED) is 0.648. The maximum absolute atomic E-state index is 11.2. The van der Waals surface area contributed by atoms with Gasteiger partial charge in [0.05, 0.1) is 5.54 Å². The fraction of sp³-hybridized carbons (Fsp3) is 0.556. The molecule has 0 spiro atoms. The summed E-state index contributed by atoms with van der Waals surface area (Å²) in [5.41, 5.74) is 10.7. The first-order chi connectivity index (χ1) is 6.51. The Morgan fingerprint density at radius 1 is 1.50 bits per heavy atom. The van der Waals surface area contributed by atoms with Gasteiger partial charge < -0.3 is 16.5 Å². The van der Waals surface area contributed by atoms with Gasteiger partial charge in [0, 0.05) is 6.07 Å². The van der Waals surface area contributed by atoms with E-state index in [1.54, 1.807) is 0 Å². The number of H-pyrrole nitrogens is 1. The van der Waals surface area contributed by atoms with Crippen molar-refractivity contribution in [1.29, 1.82) is 0 Å². The van der Waals surface area contributed by atoms with Gasteiger partial charge in [-0.1, -0.05) is 13.8 Å². The first kappa shape index (κ1) is 10.7. The molecule has 1 aromatic rings. The molecule has 1 aromatic heterocycles. The lowest BCUT2D eigenvalue weighted by Gasteiger charge is -2.25. The minimum atomic E-state index is -0.589. The van der Waals surface area contributed by atoms with E-state index < -0.39 is 5.54 Å². The van der Waals surface area contributed by atoms with Crippen LogP contribution in [0.1, 0.15) is 32.5 Å². The topological polar surface area (TPSA) is 97.8 Å². The molecule has 0 saturated heterocycles. The molecule has 0 aromatic carbocycles. The van der Waals surface area contributed by atoms with Crippen molar-refractivity contribution < 1.29 is 0 Å². The smallest absolute Gasteiger partial charge is 0.253 e. The lowest BCUT2D eigenvalue weighted by atomic mass is 9.93. The molecule has 0 aliphatic carbocycles. The second-order valence-electron chi connectivity index (χ2n) is 3.38. The highest BCUT2D eigenvalue weighted by molar-refractivity contribution is 5.27. The molecule has 78 valence electrons. The summed E-state index contributed by atoms with van der Waals surface area (Å²) in [5.74, 6) is 0.674. The zero-order valence-corrected chi connectivity index (χ0v) is 8.50. The Morgan fingerprint density at radius 3 is 2.50 bits per heavy atom. The van der Waals surface area contributed by atoms with Crippen LogP contribution in [0.25, 0.3) is 0 Å². The molecule has 1 rings (SSSR count). The monoisotopic (exact) mass is 196 g/mol. The molecule has 0 saturated carbocycles. The van der Waals surface area contributed by atoms with Gasteiger partial charge in [0.25, 0.3) is 5.56 Å². The van der Waals surface area contributed by atoms with Crippen molar-refractivity contribution in [2.45, 2.75) is 32.2 Å². The maximum atomic E-state index is 11.2. The third-order valence-corrected chi connectivity index (χ3v) is 2.49. The molecular weight excluding hydrogens is 180 g/mol. The molecule has 5 heteroatoms. The standard InChI is InChI=1S/C9H16N4O/c1-3-9(11,4-2)8-12-6(10)5-7(14)13-8/h5H,3-4,11H2,1-2H3,(H3,10,12,13,14). The second-order valence-corrected chi connectivity index (χ2v) is 3.38. The minimum absolute atomic E-state index is 0.209. The number of nitrogens with two attached hydrogens (primary N) is 2. The van der Waals surface area contributed by atoms with E-state index >= 15 is 0 Å². The van der Waals surface area contributed by atoms with Crippen molar-refractivity contribution >= 4 is 5.82 Å². The molecule has 0 atom stereocenters. The third-order valence-electron chi connectivity index (χ3n) is 2.49. The van der Waals surface area contributed by atoms with Crippen LogP contribution in [-0.4, -0.2) is 9.97 Å². The predicted octanol–water partition coefficient (Wildman–Crippen LogP) is 0.326. The van der Waals surface area contributed by atoms with Crippen molar-refractivity contribution in [3.8, 4) is 0 Å². The number of rotatable bonds is 3. The molecule has 0 aliphatic rings. The second kappa shape index (κ2) is 3.79. The van der Waals surface area contributed by atoms with Crippen molar-refractivity contribution in [2.24, 2.45) is 5.73 Å². The van der Waals surface area contributed by atoms with Gasteiger partial charge in [-0.3, -0.25) is 4.79 Å². The highest BCUT2D eigenvalue weighted by Gasteiger charge is 2.25. The van der Waals surface area contributed by atoms with Crippen molar-refractivity contribution in [1.82, 2.24) is 9.97 Å². The summed E-state index contributed by atoms with van der Waals surface area (Å²) in [7, 11) is 0. The molecule has 14 heavy (non-hydrogen) atoms. The zero-order chi connectivity index (χ0) is 10.8. The van der Waals surface area contributed by atoms with E-state index in [2.05, 4.69) is 9.97 Å². The highest BCUT2D eigenvalue weighted by atomic mass is 16.1. The Bertz CT molecular complexity index is 367. The van der Waals surface area contributed by atoms with E-state index in [0.717, 1.165) is 0 Å². The van der Waals surface area contributed by atoms with Crippen LogP contribution in [0.4, 0.5) is 5.82 Å². The Morgan fingerprint density at radius 2 is 2.07 bits per heavy atom. The van der Waals surface area contributed by atoms with Gasteiger partial charge in [-0.2, -0.15) is 0 Å². The Balaban J connectivity index is 3.24. The number of nitrogens with one attached hydrogen (secondary N) is 1. The van der Waals surface area contributed by atoms with Gasteiger partial charge in [-0.15, -0.1) is 0 Å². The van der Waals surface area contributed by atoms with E-state index in [1.807, 2.05) is 13.8 Å². The van der Waals surface area contributed by atoms with Crippen LogP contribution >= 0.6 is 0 Å². The number of aromatic nitrogens is 2. The molecular formula is C9H16N4O. The summed E-state index contributed by atoms with van der Waals surface area (Å²) in [5, 5.41) is 0. The van der Waals surface area contributed by atoms with Crippen LogP contribution in [0.2, 0.25) is 0 Å². The predicted molar refractivity (Wildman–Crippen MR) is 55.7 cm³/mol. The van der Waals surface area contributed by atoms with Crippen LogP contribution in [0.3, 0.4) is 0 Å². The Hall–Kier alpha value is -1.36. The fourth-order valence-electron chi connectivity index (χ4n) is 1.30. The summed E-state index contributed by atoms with van der Waals surface area (Å²) >= 11 is 0. The zero-order valence-electron chi connectivity index (χ0n) is 8.50. The molecule has 0 unspecified atom stereocenters. The van der Waals surface area contributed by atoms with Gasteiger partial charge >= 0.3 is 0 Å². The van der Waals surface area contributed by atoms with Crippen molar-refractivity contribution in [3.63, 3.8) is 0 Å². The number of hydrogen-bond donors (Lipinski definition) is 3. The Labute approximate surface area is 82.5 Å². The van der Waals surface area contributed by atoms with Gasteiger partial charge in [-0.05, 0) is 12.8 Å². The van der Waals surface area contributed by atoms with E-state index in [4.69, 9.17) is 11.5 Å². The molecule has 0 aliphatic heterocycles. The van der Waals surface area contributed by atoms with Gasteiger partial charge in [-0.25, -0.2) is 4.98 Å². The van der Waals surface area contributed by atoms with Crippen LogP contribution in [0, 0.1) is 0 Å². The first-order valence-corrected chi connectivity index (χ1v) is 4.68. The van der Waals surface area contributed by atoms with E-state index in [0.29, 0.717) is 18.7 Å². The lowest BCUT2D eigenvalue weighted by molar-refractivity contribution is 0.386. The average molecular weight is 196 g/mol. The molecule has 5 nitrogen and oxygen atoms in total. The van der Waals surface area contributed by atoms with Crippen LogP contribution < -0.4 is 17.0 Å². The summed E-state index contributed by atoms with van der Waals surface area (Å²) < 4.78 is 0. The SMILES string of the molecule is CCC(N)(CC)c1nc(N)cc(=O)[nH]1. The molecule has 0 bridgehead atoms. The van der Waals surface area contributed by atoms with E-state index in [1.165, 1.54) is 6.07 Å². The number of aromatic amines is 1. The molecule has 0 amide bonds. The molecule has 1 heterocycles. The molecule has 0 radical (unpaired) electrons. The van der Waals surface area contributed by atoms with Crippen molar-refractivity contribution in [2.75, 3.05) is 5.73 Å². The van der Waals surface area contributed by atoms with Crippen LogP contribution in [-0.2, 0) is 5.54 Å². The van der Waals surface area contributed by atoms with Crippen molar-refractivity contribution in [3.05, 3.63) is 22.2 Å². The average Bonchev–Trinajstić information content (AvgIpc) is 2.15. The molecule has 0 fully saturated rings. The summed E-state index contributed by atoms with van der Waals surface area (Å²) in [6, 6.07) is 1.25. The summed E-state index contributed by atoms with van der Waals surface area (Å²) in [6.45, 7) is 3.90. The minimum Gasteiger partial charge on any atom is -0.383 e. The highest BCUT2D eigenvalue weighted by Crippen LogP contribution is 2.21. The van der Waals surface area contributed by atoms with Crippen LogP contribution in [0.15, 0.2) is 10.9 Å². The fourth-order valence-corrected chi connectivity index (χ4v) is 1.30.